The van der Waals surface area contributed by atoms with Gasteiger partial charge in [-0.05, 0) is 31.5 Å². The minimum atomic E-state index is -1.02. The second-order valence-corrected chi connectivity index (χ2v) is 5.75. The molecule has 1 N–H and O–H groups in total. The lowest BCUT2D eigenvalue weighted by atomic mass is 10.2. The van der Waals surface area contributed by atoms with E-state index < -0.39 is 18.0 Å². The quantitative estimate of drug-likeness (QED) is 0.816. The Morgan fingerprint density at radius 3 is 2.83 bits per heavy atom. The van der Waals surface area contributed by atoms with E-state index in [1.807, 2.05) is 6.07 Å². The van der Waals surface area contributed by atoms with Crippen LogP contribution in [0.4, 0.5) is 5.69 Å². The van der Waals surface area contributed by atoms with Crippen LogP contribution in [0.1, 0.15) is 25.3 Å². The van der Waals surface area contributed by atoms with Gasteiger partial charge in [-0.3, -0.25) is 14.4 Å². The number of nitrogens with one attached hydrogen (secondary N) is 1. The predicted octanol–water partition coefficient (Wildman–Crippen LogP) is 1.70. The van der Waals surface area contributed by atoms with Gasteiger partial charge in [0, 0.05) is 18.7 Å². The molecule has 0 bridgehead atoms. The smallest absolute Gasteiger partial charge is 0.326 e. The zero-order valence-electron chi connectivity index (χ0n) is 13.0. The molecule has 0 unspecified atom stereocenters. The summed E-state index contributed by atoms with van der Waals surface area (Å²) in [7, 11) is 0. The maximum absolute atomic E-state index is 12.0. The van der Waals surface area contributed by atoms with E-state index >= 15 is 0 Å². The minimum Gasteiger partial charge on any atom is -0.451 e. The Morgan fingerprint density at radius 1 is 1.50 bits per heavy atom. The summed E-state index contributed by atoms with van der Waals surface area (Å²) in [5, 5.41) is 11.6. The normalized spacial score (nSPS) is 14.9. The van der Waals surface area contributed by atoms with Crippen molar-refractivity contribution in [3.8, 4) is 6.07 Å². The summed E-state index contributed by atoms with van der Waals surface area (Å²) in [5.74, 6) is -1.25. The number of carbonyl (C=O) groups is 3. The maximum atomic E-state index is 12.0. The number of carbonyl (C=O) groups excluding carboxylic acids is 3. The Bertz CT molecular complexity index is 714. The van der Waals surface area contributed by atoms with Gasteiger partial charge in [0.2, 0.25) is 5.91 Å². The monoisotopic (exact) mass is 349 g/mol. The molecule has 8 heteroatoms. The van der Waals surface area contributed by atoms with Crippen molar-refractivity contribution >= 4 is 35.1 Å². The third-order valence-electron chi connectivity index (χ3n) is 3.53. The number of ether oxygens (including phenoxy) is 1. The molecule has 0 spiro atoms. The average molecular weight is 350 g/mol. The summed E-state index contributed by atoms with van der Waals surface area (Å²) < 4.78 is 5.04. The highest BCUT2D eigenvalue weighted by Crippen LogP contribution is 2.20. The van der Waals surface area contributed by atoms with Crippen LogP contribution in [-0.4, -0.2) is 41.9 Å². The molecule has 0 aliphatic carbocycles. The van der Waals surface area contributed by atoms with Gasteiger partial charge in [0.05, 0.1) is 10.6 Å². The van der Waals surface area contributed by atoms with Gasteiger partial charge in [0.1, 0.15) is 12.6 Å². The highest BCUT2D eigenvalue weighted by Gasteiger charge is 2.25. The van der Waals surface area contributed by atoms with Gasteiger partial charge >= 0.3 is 5.97 Å². The number of nitrogens with zero attached hydrogens (tertiary/aromatic N) is 2. The topological polar surface area (TPSA) is 99.5 Å². The van der Waals surface area contributed by atoms with Crippen LogP contribution in [0, 0.1) is 11.3 Å². The van der Waals surface area contributed by atoms with Crippen LogP contribution >= 0.6 is 11.6 Å². The third kappa shape index (κ3) is 4.46. The van der Waals surface area contributed by atoms with Crippen molar-refractivity contribution in [2.45, 2.75) is 25.9 Å². The maximum Gasteiger partial charge on any atom is 0.326 e. The van der Waals surface area contributed by atoms with E-state index in [1.165, 1.54) is 30.0 Å². The molecule has 0 radical (unpaired) electrons. The number of benzene rings is 1. The van der Waals surface area contributed by atoms with Crippen molar-refractivity contribution in [1.82, 2.24) is 4.90 Å². The van der Waals surface area contributed by atoms with E-state index in [4.69, 9.17) is 21.6 Å². The second kappa shape index (κ2) is 7.79. The lowest BCUT2D eigenvalue weighted by Crippen LogP contribution is -2.36. The summed E-state index contributed by atoms with van der Waals surface area (Å²) in [6, 6.07) is 6.36. The van der Waals surface area contributed by atoms with Crippen LogP contribution < -0.4 is 5.32 Å². The number of amides is 2. The molecular formula is C16H16ClN3O4. The van der Waals surface area contributed by atoms with Crippen LogP contribution in [0.3, 0.4) is 0 Å². The molecule has 2 amide bonds. The molecule has 126 valence electrons. The molecule has 2 rings (SSSR count). The summed E-state index contributed by atoms with van der Waals surface area (Å²) >= 11 is 5.89. The summed E-state index contributed by atoms with van der Waals surface area (Å²) in [5.41, 5.74) is 0.686. The molecule has 1 aromatic carbocycles. The number of hydrogen-bond acceptors (Lipinski definition) is 5. The lowest BCUT2D eigenvalue weighted by Gasteiger charge is -2.17. The number of halogens is 1. The molecule has 24 heavy (non-hydrogen) atoms. The fourth-order valence-electron chi connectivity index (χ4n) is 2.24. The number of esters is 1. The Morgan fingerprint density at radius 2 is 2.25 bits per heavy atom. The van der Waals surface area contributed by atoms with Crippen LogP contribution in [0.5, 0.6) is 0 Å². The van der Waals surface area contributed by atoms with E-state index in [-0.39, 0.29) is 17.5 Å². The molecule has 1 aliphatic rings. The molecule has 1 saturated heterocycles. The van der Waals surface area contributed by atoms with Crippen molar-refractivity contribution in [2.75, 3.05) is 18.4 Å². The van der Waals surface area contributed by atoms with E-state index in [2.05, 4.69) is 5.32 Å². The fraction of sp³-hybridized carbons (Fsp3) is 0.375. The molecule has 1 aromatic rings. The Labute approximate surface area is 144 Å². The third-order valence-corrected chi connectivity index (χ3v) is 3.84. The summed E-state index contributed by atoms with van der Waals surface area (Å²) in [4.78, 5) is 36.7. The SMILES string of the molecule is C[C@H](OC(=O)CN1CCCC1=O)C(=O)Nc1ccc(C#N)c(Cl)c1. The zero-order valence-corrected chi connectivity index (χ0v) is 13.8. The van der Waals surface area contributed by atoms with Crippen LogP contribution in [0.25, 0.3) is 0 Å². The highest BCUT2D eigenvalue weighted by atomic mass is 35.5. The van der Waals surface area contributed by atoms with Crippen LogP contribution in [-0.2, 0) is 19.1 Å². The molecule has 1 atom stereocenters. The molecule has 7 nitrogen and oxygen atoms in total. The van der Waals surface area contributed by atoms with E-state index in [0.717, 1.165) is 6.42 Å². The largest absolute Gasteiger partial charge is 0.451 e. The van der Waals surface area contributed by atoms with Crippen molar-refractivity contribution in [1.29, 1.82) is 5.26 Å². The van der Waals surface area contributed by atoms with Gasteiger partial charge < -0.3 is 15.0 Å². The fourth-order valence-corrected chi connectivity index (χ4v) is 2.47. The first-order valence-electron chi connectivity index (χ1n) is 7.38. The Hall–Kier alpha value is -2.59. The van der Waals surface area contributed by atoms with Gasteiger partial charge in [-0.15, -0.1) is 0 Å². The van der Waals surface area contributed by atoms with Crippen molar-refractivity contribution in [3.05, 3.63) is 28.8 Å². The molecule has 0 saturated carbocycles. The molecular weight excluding hydrogens is 334 g/mol. The number of anilines is 1. The van der Waals surface area contributed by atoms with Crippen LogP contribution in [0.2, 0.25) is 5.02 Å². The Balaban J connectivity index is 1.87. The predicted molar refractivity (Wildman–Crippen MR) is 86.2 cm³/mol. The molecule has 1 heterocycles. The standard InChI is InChI=1S/C16H16ClN3O4/c1-10(24-15(22)9-20-6-2-3-14(20)21)16(23)19-12-5-4-11(8-18)13(17)7-12/h4-5,7,10H,2-3,6,9H2,1H3,(H,19,23)/t10-/m0/s1. The van der Waals surface area contributed by atoms with Gasteiger partial charge in [-0.1, -0.05) is 11.6 Å². The van der Waals surface area contributed by atoms with Crippen molar-refractivity contribution < 1.29 is 19.1 Å². The number of hydrogen-bond donors (Lipinski definition) is 1. The first kappa shape index (κ1) is 17.8. The van der Waals surface area contributed by atoms with Gasteiger partial charge in [-0.2, -0.15) is 5.26 Å². The summed E-state index contributed by atoms with van der Waals surface area (Å²) in [6.07, 6.45) is 0.134. The first-order chi connectivity index (χ1) is 11.4. The first-order valence-corrected chi connectivity index (χ1v) is 7.76. The zero-order chi connectivity index (χ0) is 17.7. The molecule has 1 aliphatic heterocycles. The van der Waals surface area contributed by atoms with Gasteiger partial charge in [0.15, 0.2) is 6.10 Å². The highest BCUT2D eigenvalue weighted by molar-refractivity contribution is 6.32. The van der Waals surface area contributed by atoms with E-state index in [1.54, 1.807) is 0 Å². The second-order valence-electron chi connectivity index (χ2n) is 5.35. The number of likely N-dealkylation sites (tertiary alicyclic amines) is 1. The molecule has 0 aromatic heterocycles. The Kier molecular flexibility index (Phi) is 5.77. The van der Waals surface area contributed by atoms with Gasteiger partial charge in [-0.25, -0.2) is 0 Å². The van der Waals surface area contributed by atoms with Crippen molar-refractivity contribution in [3.63, 3.8) is 0 Å². The van der Waals surface area contributed by atoms with E-state index in [0.29, 0.717) is 24.2 Å². The van der Waals surface area contributed by atoms with Gasteiger partial charge in [0.25, 0.3) is 5.91 Å². The van der Waals surface area contributed by atoms with Crippen LogP contribution in [0.15, 0.2) is 18.2 Å². The lowest BCUT2D eigenvalue weighted by molar-refractivity contribution is -0.155. The molecule has 1 fully saturated rings. The van der Waals surface area contributed by atoms with Crippen molar-refractivity contribution in [2.24, 2.45) is 0 Å². The average Bonchev–Trinajstić information content (AvgIpc) is 2.92. The summed E-state index contributed by atoms with van der Waals surface area (Å²) in [6.45, 7) is 1.81. The minimum absolute atomic E-state index is 0.0868. The number of nitriles is 1. The van der Waals surface area contributed by atoms with E-state index in [9.17, 15) is 14.4 Å². The number of rotatable bonds is 5.